The molecule has 0 aliphatic carbocycles. The molecule has 0 aliphatic rings. The van der Waals surface area contributed by atoms with Crippen molar-refractivity contribution in [2.45, 2.75) is 59.4 Å². The maximum Gasteiger partial charge on any atom is 0.0348 e. The van der Waals surface area contributed by atoms with Gasteiger partial charge in [-0.05, 0) is 50.5 Å². The van der Waals surface area contributed by atoms with Gasteiger partial charge in [0.1, 0.15) is 0 Å². The van der Waals surface area contributed by atoms with Crippen LogP contribution in [0, 0.1) is 13.8 Å². The van der Waals surface area contributed by atoms with Crippen molar-refractivity contribution >= 4 is 21.6 Å². The lowest BCUT2D eigenvalue weighted by Crippen LogP contribution is -2.15. The highest BCUT2D eigenvalue weighted by Crippen LogP contribution is 2.25. The van der Waals surface area contributed by atoms with E-state index in [2.05, 4.69) is 61.1 Å². The minimum Gasteiger partial charge on any atom is -0.383 e. The molecule has 0 saturated carbocycles. The standard InChI is InChI=1S/C15H24BrN/c1-5-6-7-8-13(4)17-14-9-11(2)15(16)12(3)10-14/h9-10,13,17H,5-8H2,1-4H3. The maximum absolute atomic E-state index is 3.60. The van der Waals surface area contributed by atoms with Crippen LogP contribution < -0.4 is 5.32 Å². The number of hydrogen-bond acceptors (Lipinski definition) is 1. The van der Waals surface area contributed by atoms with Gasteiger partial charge < -0.3 is 5.32 Å². The fraction of sp³-hybridized carbons (Fsp3) is 0.600. The van der Waals surface area contributed by atoms with Crippen LogP contribution in [0.25, 0.3) is 0 Å². The highest BCUT2D eigenvalue weighted by Gasteiger charge is 2.05. The summed E-state index contributed by atoms with van der Waals surface area (Å²) in [6.45, 7) is 8.80. The molecule has 96 valence electrons. The fourth-order valence-corrected chi connectivity index (χ4v) is 2.32. The number of aryl methyl sites for hydroxylation is 2. The van der Waals surface area contributed by atoms with Crippen LogP contribution >= 0.6 is 15.9 Å². The van der Waals surface area contributed by atoms with E-state index in [0.29, 0.717) is 6.04 Å². The predicted octanol–water partition coefficient (Wildman–Crippen LogP) is 5.45. The number of hydrogen-bond donors (Lipinski definition) is 1. The molecule has 17 heavy (non-hydrogen) atoms. The SMILES string of the molecule is CCCCCC(C)Nc1cc(C)c(Br)c(C)c1. The molecule has 1 aromatic carbocycles. The highest BCUT2D eigenvalue weighted by atomic mass is 79.9. The first-order chi connectivity index (χ1) is 8.04. The Morgan fingerprint density at radius 1 is 1.18 bits per heavy atom. The highest BCUT2D eigenvalue weighted by molar-refractivity contribution is 9.10. The van der Waals surface area contributed by atoms with Crippen molar-refractivity contribution in [3.8, 4) is 0 Å². The summed E-state index contributed by atoms with van der Waals surface area (Å²) in [7, 11) is 0. The van der Waals surface area contributed by atoms with Crippen molar-refractivity contribution in [2.75, 3.05) is 5.32 Å². The van der Waals surface area contributed by atoms with E-state index in [-0.39, 0.29) is 0 Å². The van der Waals surface area contributed by atoms with Crippen LogP contribution in [-0.2, 0) is 0 Å². The van der Waals surface area contributed by atoms with E-state index in [4.69, 9.17) is 0 Å². The summed E-state index contributed by atoms with van der Waals surface area (Å²) in [6, 6.07) is 4.99. The summed E-state index contributed by atoms with van der Waals surface area (Å²) < 4.78 is 1.22. The summed E-state index contributed by atoms with van der Waals surface area (Å²) in [4.78, 5) is 0. The van der Waals surface area contributed by atoms with E-state index >= 15 is 0 Å². The molecule has 0 spiro atoms. The monoisotopic (exact) mass is 297 g/mol. The smallest absolute Gasteiger partial charge is 0.0348 e. The lowest BCUT2D eigenvalue weighted by Gasteiger charge is -2.17. The largest absolute Gasteiger partial charge is 0.383 e. The van der Waals surface area contributed by atoms with Gasteiger partial charge in [0.2, 0.25) is 0 Å². The zero-order chi connectivity index (χ0) is 12.8. The molecule has 0 bridgehead atoms. The summed E-state index contributed by atoms with van der Waals surface area (Å²) in [5, 5.41) is 3.59. The van der Waals surface area contributed by atoms with E-state index in [1.54, 1.807) is 0 Å². The van der Waals surface area contributed by atoms with Crippen LogP contribution in [0.1, 0.15) is 50.7 Å². The molecule has 1 nitrogen and oxygen atoms in total. The first kappa shape index (κ1) is 14.6. The molecule has 1 atom stereocenters. The van der Waals surface area contributed by atoms with Crippen molar-refractivity contribution in [3.63, 3.8) is 0 Å². The second-order valence-electron chi connectivity index (χ2n) is 4.97. The minimum absolute atomic E-state index is 0.557. The van der Waals surface area contributed by atoms with E-state index < -0.39 is 0 Å². The maximum atomic E-state index is 3.60. The summed E-state index contributed by atoms with van der Waals surface area (Å²) in [5.74, 6) is 0. The third-order valence-corrected chi connectivity index (χ3v) is 4.34. The van der Waals surface area contributed by atoms with Gasteiger partial charge in [-0.3, -0.25) is 0 Å². The summed E-state index contributed by atoms with van der Waals surface area (Å²) in [5.41, 5.74) is 3.84. The van der Waals surface area contributed by atoms with Crippen molar-refractivity contribution in [2.24, 2.45) is 0 Å². The summed E-state index contributed by atoms with van der Waals surface area (Å²) in [6.07, 6.45) is 5.20. The minimum atomic E-state index is 0.557. The van der Waals surface area contributed by atoms with Crippen molar-refractivity contribution < 1.29 is 0 Å². The number of halogens is 1. The van der Waals surface area contributed by atoms with Gasteiger partial charge >= 0.3 is 0 Å². The van der Waals surface area contributed by atoms with Gasteiger partial charge in [-0.15, -0.1) is 0 Å². The van der Waals surface area contributed by atoms with Crippen LogP contribution in [0.5, 0.6) is 0 Å². The third kappa shape index (κ3) is 4.71. The molecule has 1 N–H and O–H groups in total. The zero-order valence-corrected chi connectivity index (χ0v) is 13.0. The van der Waals surface area contributed by atoms with Gasteiger partial charge in [0, 0.05) is 16.2 Å². The third-order valence-electron chi connectivity index (χ3n) is 3.09. The summed E-state index contributed by atoms with van der Waals surface area (Å²) >= 11 is 3.60. The van der Waals surface area contributed by atoms with Crippen molar-refractivity contribution in [1.29, 1.82) is 0 Å². The normalized spacial score (nSPS) is 12.5. The molecule has 0 radical (unpaired) electrons. The Hall–Kier alpha value is -0.500. The van der Waals surface area contributed by atoms with Crippen molar-refractivity contribution in [3.05, 3.63) is 27.7 Å². The molecular formula is C15H24BrN. The number of rotatable bonds is 6. The van der Waals surface area contributed by atoms with Crippen molar-refractivity contribution in [1.82, 2.24) is 0 Å². The fourth-order valence-electron chi connectivity index (χ4n) is 2.09. The Morgan fingerprint density at radius 3 is 2.29 bits per heavy atom. The quantitative estimate of drug-likeness (QED) is 0.689. The Bertz CT molecular complexity index is 337. The average molecular weight is 298 g/mol. The van der Waals surface area contributed by atoms with Gasteiger partial charge in [-0.1, -0.05) is 42.1 Å². The predicted molar refractivity (Wildman–Crippen MR) is 80.8 cm³/mol. The number of unbranched alkanes of at least 4 members (excludes halogenated alkanes) is 2. The molecular weight excluding hydrogens is 274 g/mol. The Balaban J connectivity index is 2.56. The van der Waals surface area contributed by atoms with Crippen LogP contribution in [0.2, 0.25) is 0 Å². The van der Waals surface area contributed by atoms with Crippen LogP contribution in [-0.4, -0.2) is 6.04 Å². The second-order valence-corrected chi connectivity index (χ2v) is 5.76. The lowest BCUT2D eigenvalue weighted by molar-refractivity contribution is 0.615. The zero-order valence-electron chi connectivity index (χ0n) is 11.4. The van der Waals surface area contributed by atoms with E-state index in [1.807, 2.05) is 0 Å². The van der Waals surface area contributed by atoms with Crippen LogP contribution in [0.4, 0.5) is 5.69 Å². The van der Waals surface area contributed by atoms with Crippen LogP contribution in [0.3, 0.4) is 0 Å². The molecule has 0 aliphatic heterocycles. The lowest BCUT2D eigenvalue weighted by atomic mass is 10.1. The molecule has 1 rings (SSSR count). The number of benzene rings is 1. The second kappa shape index (κ2) is 7.05. The Kier molecular flexibility index (Phi) is 6.04. The molecule has 0 aromatic heterocycles. The Morgan fingerprint density at radius 2 is 1.76 bits per heavy atom. The molecule has 1 aromatic rings. The number of nitrogens with one attached hydrogen (secondary N) is 1. The molecule has 1 unspecified atom stereocenters. The molecule has 0 amide bonds. The topological polar surface area (TPSA) is 12.0 Å². The molecule has 0 fully saturated rings. The van der Waals surface area contributed by atoms with E-state index in [9.17, 15) is 0 Å². The van der Waals surface area contributed by atoms with E-state index in [1.165, 1.54) is 47.0 Å². The van der Waals surface area contributed by atoms with Crippen LogP contribution in [0.15, 0.2) is 16.6 Å². The molecule has 0 saturated heterocycles. The first-order valence-electron chi connectivity index (χ1n) is 6.58. The van der Waals surface area contributed by atoms with Gasteiger partial charge in [0.15, 0.2) is 0 Å². The molecule has 0 heterocycles. The average Bonchev–Trinajstić information content (AvgIpc) is 2.26. The van der Waals surface area contributed by atoms with Gasteiger partial charge in [-0.25, -0.2) is 0 Å². The van der Waals surface area contributed by atoms with E-state index in [0.717, 1.165) is 0 Å². The molecule has 2 heteroatoms. The Labute approximate surface area is 114 Å². The van der Waals surface area contributed by atoms with Gasteiger partial charge in [0.25, 0.3) is 0 Å². The first-order valence-corrected chi connectivity index (χ1v) is 7.37. The van der Waals surface area contributed by atoms with Gasteiger partial charge in [-0.2, -0.15) is 0 Å². The number of anilines is 1. The van der Waals surface area contributed by atoms with Gasteiger partial charge in [0.05, 0.1) is 0 Å².